The van der Waals surface area contributed by atoms with Gasteiger partial charge in [-0.15, -0.1) is 11.3 Å². The van der Waals surface area contributed by atoms with E-state index in [2.05, 4.69) is 9.55 Å². The van der Waals surface area contributed by atoms with E-state index < -0.39 is 0 Å². The number of aliphatic hydroxyl groups is 1. The van der Waals surface area contributed by atoms with Crippen molar-refractivity contribution in [2.24, 2.45) is 5.92 Å². The maximum absolute atomic E-state index is 9.27. The summed E-state index contributed by atoms with van der Waals surface area (Å²) in [5.74, 6) is 1.33. The summed E-state index contributed by atoms with van der Waals surface area (Å²) >= 11 is 7.50. The molecule has 90 valence electrons. The predicted molar refractivity (Wildman–Crippen MR) is 69.4 cm³/mol. The van der Waals surface area contributed by atoms with E-state index in [0.717, 1.165) is 34.4 Å². The second-order valence-electron chi connectivity index (χ2n) is 4.37. The molecule has 0 bridgehead atoms. The van der Waals surface area contributed by atoms with E-state index in [-0.39, 0.29) is 6.61 Å². The number of hydrogen-bond donors (Lipinski definition) is 1. The largest absolute Gasteiger partial charge is 0.396 e. The van der Waals surface area contributed by atoms with Gasteiger partial charge in [-0.3, -0.25) is 0 Å². The van der Waals surface area contributed by atoms with E-state index in [0.29, 0.717) is 5.92 Å². The zero-order valence-corrected chi connectivity index (χ0v) is 10.8. The van der Waals surface area contributed by atoms with Crippen LogP contribution in [0.1, 0.15) is 12.1 Å². The number of thiophene rings is 1. The lowest BCUT2D eigenvalue weighted by Gasteiger charge is -2.23. The monoisotopic (exact) mass is 268 g/mol. The average molecular weight is 269 g/mol. The van der Waals surface area contributed by atoms with Gasteiger partial charge in [-0.25, -0.2) is 4.98 Å². The van der Waals surface area contributed by atoms with E-state index in [9.17, 15) is 5.11 Å². The lowest BCUT2D eigenvalue weighted by atomic mass is 9.99. The van der Waals surface area contributed by atoms with Gasteiger partial charge in [0.25, 0.3) is 0 Å². The summed E-state index contributed by atoms with van der Waals surface area (Å²) in [6.45, 7) is 1.11. The highest BCUT2D eigenvalue weighted by Gasteiger charge is 2.22. The van der Waals surface area contributed by atoms with Crippen LogP contribution in [0.15, 0.2) is 18.3 Å². The van der Waals surface area contributed by atoms with Crippen LogP contribution in [0.5, 0.6) is 0 Å². The third-order valence-corrected chi connectivity index (χ3v) is 4.47. The number of fused-ring (bicyclic) bond motifs is 1. The topological polar surface area (TPSA) is 38.1 Å². The summed E-state index contributed by atoms with van der Waals surface area (Å²) in [7, 11) is 0. The van der Waals surface area contributed by atoms with Crippen molar-refractivity contribution in [2.45, 2.75) is 19.4 Å². The van der Waals surface area contributed by atoms with Crippen LogP contribution in [0.2, 0.25) is 4.34 Å². The smallest absolute Gasteiger partial charge is 0.150 e. The van der Waals surface area contributed by atoms with Gasteiger partial charge in [-0.05, 0) is 25.0 Å². The Labute approximate surface area is 109 Å². The molecule has 1 aliphatic rings. The molecule has 2 aromatic heterocycles. The Bertz CT molecular complexity index is 534. The molecule has 0 amide bonds. The lowest BCUT2D eigenvalue weighted by molar-refractivity contribution is 0.192. The molecule has 5 heteroatoms. The van der Waals surface area contributed by atoms with Gasteiger partial charge in [0.15, 0.2) is 0 Å². The highest BCUT2D eigenvalue weighted by Crippen LogP contribution is 2.33. The first-order chi connectivity index (χ1) is 8.28. The van der Waals surface area contributed by atoms with Crippen molar-refractivity contribution in [2.75, 3.05) is 6.61 Å². The standard InChI is InChI=1S/C12H13ClN2OS/c13-11-4-3-10(17-11)12-14-5-9-2-1-8(7-16)6-15(9)12/h3-5,8,16H,1-2,6-7H2. The first kappa shape index (κ1) is 11.3. The first-order valence-corrected chi connectivity index (χ1v) is 6.88. The number of aromatic nitrogens is 2. The van der Waals surface area contributed by atoms with E-state index in [1.54, 1.807) is 11.3 Å². The Kier molecular flexibility index (Phi) is 2.94. The molecule has 0 saturated carbocycles. The molecule has 1 unspecified atom stereocenters. The van der Waals surface area contributed by atoms with E-state index in [1.807, 2.05) is 18.3 Å². The van der Waals surface area contributed by atoms with Crippen LogP contribution in [-0.2, 0) is 13.0 Å². The maximum Gasteiger partial charge on any atom is 0.150 e. The van der Waals surface area contributed by atoms with Crippen molar-refractivity contribution < 1.29 is 5.11 Å². The minimum atomic E-state index is 0.252. The Morgan fingerprint density at radius 3 is 3.12 bits per heavy atom. The average Bonchev–Trinajstić information content (AvgIpc) is 2.93. The van der Waals surface area contributed by atoms with E-state index >= 15 is 0 Å². The van der Waals surface area contributed by atoms with Crippen molar-refractivity contribution in [3.63, 3.8) is 0 Å². The third-order valence-electron chi connectivity index (χ3n) is 3.24. The van der Waals surface area contributed by atoms with Gasteiger partial charge in [0, 0.05) is 31.0 Å². The molecule has 2 aromatic rings. The molecule has 0 fully saturated rings. The van der Waals surface area contributed by atoms with Gasteiger partial charge in [-0.2, -0.15) is 0 Å². The van der Waals surface area contributed by atoms with Crippen LogP contribution in [0.4, 0.5) is 0 Å². The molecule has 0 radical (unpaired) electrons. The van der Waals surface area contributed by atoms with Crippen molar-refractivity contribution in [1.82, 2.24) is 9.55 Å². The molecule has 0 aliphatic carbocycles. The zero-order valence-electron chi connectivity index (χ0n) is 9.27. The number of nitrogens with zero attached hydrogens (tertiary/aromatic N) is 2. The fraction of sp³-hybridized carbons (Fsp3) is 0.417. The highest BCUT2D eigenvalue weighted by atomic mass is 35.5. The van der Waals surface area contributed by atoms with Crippen LogP contribution in [-0.4, -0.2) is 21.3 Å². The van der Waals surface area contributed by atoms with Gasteiger partial charge in [0.05, 0.1) is 9.21 Å². The van der Waals surface area contributed by atoms with Gasteiger partial charge >= 0.3 is 0 Å². The Morgan fingerprint density at radius 1 is 1.53 bits per heavy atom. The van der Waals surface area contributed by atoms with E-state index in [4.69, 9.17) is 11.6 Å². The van der Waals surface area contributed by atoms with Crippen molar-refractivity contribution >= 4 is 22.9 Å². The molecule has 0 spiro atoms. The molecule has 1 aliphatic heterocycles. The van der Waals surface area contributed by atoms with Crippen LogP contribution in [0.25, 0.3) is 10.7 Å². The predicted octanol–water partition coefficient (Wildman–Crippen LogP) is 2.82. The quantitative estimate of drug-likeness (QED) is 0.910. The normalized spacial score (nSPS) is 19.3. The lowest BCUT2D eigenvalue weighted by Crippen LogP contribution is -2.22. The molecule has 0 saturated heterocycles. The Morgan fingerprint density at radius 2 is 2.41 bits per heavy atom. The van der Waals surface area contributed by atoms with E-state index in [1.165, 1.54) is 5.69 Å². The summed E-state index contributed by atoms with van der Waals surface area (Å²) < 4.78 is 3.00. The highest BCUT2D eigenvalue weighted by molar-refractivity contribution is 7.19. The number of hydrogen-bond acceptors (Lipinski definition) is 3. The summed E-state index contributed by atoms with van der Waals surface area (Å²) in [5.41, 5.74) is 1.26. The van der Waals surface area contributed by atoms with Crippen molar-refractivity contribution in [3.05, 3.63) is 28.4 Å². The number of halogens is 1. The second kappa shape index (κ2) is 4.44. The second-order valence-corrected chi connectivity index (χ2v) is 6.09. The number of aryl methyl sites for hydroxylation is 1. The summed E-state index contributed by atoms with van der Waals surface area (Å²) in [6, 6.07) is 3.90. The minimum Gasteiger partial charge on any atom is -0.396 e. The number of aliphatic hydroxyl groups excluding tert-OH is 1. The fourth-order valence-corrected chi connectivity index (χ4v) is 3.34. The zero-order chi connectivity index (χ0) is 11.8. The van der Waals surface area contributed by atoms with Crippen LogP contribution >= 0.6 is 22.9 Å². The summed E-state index contributed by atoms with van der Waals surface area (Å²) in [6.07, 6.45) is 3.99. The van der Waals surface area contributed by atoms with Gasteiger partial charge in [-0.1, -0.05) is 11.6 Å². The molecular formula is C12H13ClN2OS. The van der Waals surface area contributed by atoms with Crippen molar-refractivity contribution in [1.29, 1.82) is 0 Å². The number of imidazole rings is 1. The van der Waals surface area contributed by atoms with Gasteiger partial charge < -0.3 is 9.67 Å². The SMILES string of the molecule is OCC1CCc2cnc(-c3ccc(Cl)s3)n2C1. The number of rotatable bonds is 2. The fourth-order valence-electron chi connectivity index (χ4n) is 2.30. The molecule has 1 atom stereocenters. The first-order valence-electron chi connectivity index (χ1n) is 5.69. The van der Waals surface area contributed by atoms with Crippen molar-refractivity contribution in [3.8, 4) is 10.7 Å². The summed E-state index contributed by atoms with van der Waals surface area (Å²) in [4.78, 5) is 5.58. The molecule has 17 heavy (non-hydrogen) atoms. The molecule has 3 nitrogen and oxygen atoms in total. The molecule has 3 rings (SSSR count). The van der Waals surface area contributed by atoms with Crippen LogP contribution in [0.3, 0.4) is 0 Å². The molecular weight excluding hydrogens is 256 g/mol. The Balaban J connectivity index is 2.00. The van der Waals surface area contributed by atoms with Crippen LogP contribution < -0.4 is 0 Å². The third kappa shape index (κ3) is 2.01. The molecule has 3 heterocycles. The Hall–Kier alpha value is -0.840. The molecule has 0 aromatic carbocycles. The van der Waals surface area contributed by atoms with Gasteiger partial charge in [0.1, 0.15) is 5.82 Å². The minimum absolute atomic E-state index is 0.252. The summed E-state index contributed by atoms with van der Waals surface area (Å²) in [5, 5.41) is 9.27. The van der Waals surface area contributed by atoms with Crippen LogP contribution in [0, 0.1) is 5.92 Å². The van der Waals surface area contributed by atoms with Gasteiger partial charge in [0.2, 0.25) is 0 Å². The molecule has 1 N–H and O–H groups in total. The maximum atomic E-state index is 9.27.